The highest BCUT2D eigenvalue weighted by molar-refractivity contribution is 6.15. The third kappa shape index (κ3) is 4.65. The topological polar surface area (TPSA) is 58.2 Å². The molecule has 0 spiro atoms. The number of hydrogen-bond acceptors (Lipinski definition) is 3. The fraction of sp³-hybridized carbons (Fsp3) is 0.391. The summed E-state index contributed by atoms with van der Waals surface area (Å²) in [5.74, 6) is -0.958. The first-order valence-electron chi connectivity index (χ1n) is 9.56. The van der Waals surface area contributed by atoms with Crippen LogP contribution in [0.15, 0.2) is 48.5 Å². The highest BCUT2D eigenvalue weighted by Gasteiger charge is 2.38. The van der Waals surface area contributed by atoms with Crippen LogP contribution in [-0.4, -0.2) is 28.8 Å². The number of carbonyl (C=O) groups excluding carboxylic acids is 2. The average Bonchev–Trinajstić information content (AvgIpc) is 2.59. The second-order valence-electron chi connectivity index (χ2n) is 8.85. The highest BCUT2D eigenvalue weighted by atomic mass is 19.1. The minimum Gasteiger partial charge on any atom is -0.349 e. The van der Waals surface area contributed by atoms with Gasteiger partial charge in [-0.2, -0.15) is 0 Å². The van der Waals surface area contributed by atoms with Gasteiger partial charge in [-0.1, -0.05) is 18.2 Å². The highest BCUT2D eigenvalue weighted by Crippen LogP contribution is 2.29. The van der Waals surface area contributed by atoms with Gasteiger partial charge in [-0.05, 0) is 70.9 Å². The van der Waals surface area contributed by atoms with E-state index in [2.05, 4.69) is 38.3 Å². The quantitative estimate of drug-likeness (QED) is 0.783. The molecule has 2 aromatic rings. The van der Waals surface area contributed by atoms with Gasteiger partial charge < -0.3 is 10.6 Å². The molecule has 4 nitrogen and oxygen atoms in total. The van der Waals surface area contributed by atoms with Gasteiger partial charge >= 0.3 is 0 Å². The minimum absolute atomic E-state index is 0.00716. The molecule has 0 bridgehead atoms. The molecule has 1 aliphatic heterocycles. The molecule has 0 radical (unpaired) electrons. The molecule has 1 amide bonds. The van der Waals surface area contributed by atoms with E-state index in [1.807, 2.05) is 0 Å². The van der Waals surface area contributed by atoms with Gasteiger partial charge in [0, 0.05) is 28.2 Å². The Kier molecular flexibility index (Phi) is 5.39. The fourth-order valence-electron chi connectivity index (χ4n) is 4.32. The minimum atomic E-state index is -0.404. The van der Waals surface area contributed by atoms with E-state index in [1.165, 1.54) is 24.3 Å². The molecule has 1 saturated heterocycles. The average molecular weight is 382 g/mol. The molecule has 0 aliphatic carbocycles. The van der Waals surface area contributed by atoms with Crippen LogP contribution in [0.3, 0.4) is 0 Å². The van der Waals surface area contributed by atoms with Crippen LogP contribution < -0.4 is 10.6 Å². The van der Waals surface area contributed by atoms with E-state index in [0.29, 0.717) is 16.7 Å². The summed E-state index contributed by atoms with van der Waals surface area (Å²) in [5, 5.41) is 6.71. The Bertz CT molecular complexity index is 872. The Hall–Kier alpha value is -2.53. The Morgan fingerprint density at radius 3 is 2.04 bits per heavy atom. The van der Waals surface area contributed by atoms with Crippen LogP contribution in [0.1, 0.15) is 66.8 Å². The van der Waals surface area contributed by atoms with Crippen molar-refractivity contribution in [3.8, 4) is 0 Å². The standard InChI is InChI=1S/C23H27FN2O2/c1-22(2)13-17(14-23(3,4)26-22)25-21(28)19-8-6-5-7-18(19)20(27)15-9-11-16(24)12-10-15/h5-12,17,26H,13-14H2,1-4H3,(H,25,28). The van der Waals surface area contributed by atoms with E-state index in [4.69, 9.17) is 0 Å². The van der Waals surface area contributed by atoms with Gasteiger partial charge in [0.2, 0.25) is 0 Å². The Balaban J connectivity index is 1.83. The number of piperidine rings is 1. The molecule has 0 atom stereocenters. The third-order valence-electron chi connectivity index (χ3n) is 5.05. The van der Waals surface area contributed by atoms with E-state index in [9.17, 15) is 14.0 Å². The molecule has 5 heteroatoms. The number of rotatable bonds is 4. The van der Waals surface area contributed by atoms with Crippen LogP contribution in [0.5, 0.6) is 0 Å². The molecule has 1 heterocycles. The molecule has 28 heavy (non-hydrogen) atoms. The van der Waals surface area contributed by atoms with Crippen molar-refractivity contribution in [1.29, 1.82) is 0 Å². The van der Waals surface area contributed by atoms with Crippen molar-refractivity contribution in [2.75, 3.05) is 0 Å². The van der Waals surface area contributed by atoms with Gasteiger partial charge in [-0.3, -0.25) is 9.59 Å². The van der Waals surface area contributed by atoms with Crippen molar-refractivity contribution in [2.24, 2.45) is 0 Å². The summed E-state index contributed by atoms with van der Waals surface area (Å²) in [7, 11) is 0. The predicted octanol–water partition coefficient (Wildman–Crippen LogP) is 4.10. The third-order valence-corrected chi connectivity index (χ3v) is 5.05. The summed E-state index contributed by atoms with van der Waals surface area (Å²) < 4.78 is 13.2. The maximum Gasteiger partial charge on any atom is 0.252 e. The largest absolute Gasteiger partial charge is 0.349 e. The van der Waals surface area contributed by atoms with Gasteiger partial charge in [-0.25, -0.2) is 4.39 Å². The van der Waals surface area contributed by atoms with Gasteiger partial charge in [0.05, 0.1) is 5.56 Å². The zero-order chi connectivity index (χ0) is 20.5. The molecular weight excluding hydrogens is 355 g/mol. The first-order chi connectivity index (χ1) is 13.1. The monoisotopic (exact) mass is 382 g/mol. The van der Waals surface area contributed by atoms with Crippen molar-refractivity contribution in [2.45, 2.75) is 57.7 Å². The summed E-state index contributed by atoms with van der Waals surface area (Å²) >= 11 is 0. The van der Waals surface area contributed by atoms with Gasteiger partial charge in [0.25, 0.3) is 5.91 Å². The summed E-state index contributed by atoms with van der Waals surface area (Å²) in [6, 6.07) is 12.1. The van der Waals surface area contributed by atoms with Gasteiger partial charge in [0.15, 0.2) is 5.78 Å². The van der Waals surface area contributed by atoms with E-state index in [-0.39, 0.29) is 28.8 Å². The number of nitrogens with one attached hydrogen (secondary N) is 2. The molecular formula is C23H27FN2O2. The van der Waals surface area contributed by atoms with Crippen LogP contribution in [0.25, 0.3) is 0 Å². The van der Waals surface area contributed by atoms with Gasteiger partial charge in [-0.15, -0.1) is 0 Å². The fourth-order valence-corrected chi connectivity index (χ4v) is 4.32. The second kappa shape index (κ2) is 7.47. The molecule has 0 saturated carbocycles. The Morgan fingerprint density at radius 1 is 0.929 bits per heavy atom. The van der Waals surface area contributed by atoms with Crippen LogP contribution >= 0.6 is 0 Å². The molecule has 0 unspecified atom stereocenters. The zero-order valence-corrected chi connectivity index (χ0v) is 16.8. The van der Waals surface area contributed by atoms with E-state index < -0.39 is 5.82 Å². The number of halogens is 1. The smallest absolute Gasteiger partial charge is 0.252 e. The van der Waals surface area contributed by atoms with Crippen molar-refractivity contribution >= 4 is 11.7 Å². The lowest BCUT2D eigenvalue weighted by molar-refractivity contribution is 0.0866. The number of hydrogen-bond donors (Lipinski definition) is 2. The zero-order valence-electron chi connectivity index (χ0n) is 16.8. The van der Waals surface area contributed by atoms with Crippen molar-refractivity contribution < 1.29 is 14.0 Å². The molecule has 2 N–H and O–H groups in total. The van der Waals surface area contributed by atoms with Crippen molar-refractivity contribution in [1.82, 2.24) is 10.6 Å². The first kappa shape index (κ1) is 20.2. The van der Waals surface area contributed by atoms with Gasteiger partial charge in [0.1, 0.15) is 5.82 Å². The molecule has 3 rings (SSSR count). The van der Waals surface area contributed by atoms with E-state index in [0.717, 1.165) is 12.8 Å². The Labute approximate surface area is 165 Å². The number of amides is 1. The Morgan fingerprint density at radius 2 is 1.46 bits per heavy atom. The first-order valence-corrected chi connectivity index (χ1v) is 9.56. The molecule has 2 aromatic carbocycles. The van der Waals surface area contributed by atoms with Crippen molar-refractivity contribution in [3.05, 3.63) is 71.0 Å². The SMILES string of the molecule is CC1(C)CC(NC(=O)c2ccccc2C(=O)c2ccc(F)cc2)CC(C)(C)N1. The second-order valence-corrected chi connectivity index (χ2v) is 8.85. The maximum atomic E-state index is 13.2. The molecule has 1 fully saturated rings. The van der Waals surface area contributed by atoms with Crippen molar-refractivity contribution in [3.63, 3.8) is 0 Å². The normalized spacial score (nSPS) is 18.5. The number of benzene rings is 2. The summed E-state index contributed by atoms with van der Waals surface area (Å²) in [5.41, 5.74) is 0.822. The van der Waals surface area contributed by atoms with Crippen LogP contribution in [0.4, 0.5) is 4.39 Å². The number of carbonyl (C=O) groups is 2. The van der Waals surface area contributed by atoms with E-state index in [1.54, 1.807) is 24.3 Å². The summed E-state index contributed by atoms with van der Waals surface area (Å²) in [4.78, 5) is 25.9. The molecule has 1 aliphatic rings. The molecule has 148 valence electrons. The molecule has 0 aromatic heterocycles. The van der Waals surface area contributed by atoms with Crippen LogP contribution in [0, 0.1) is 5.82 Å². The van der Waals surface area contributed by atoms with E-state index >= 15 is 0 Å². The lowest BCUT2D eigenvalue weighted by atomic mass is 9.79. The summed E-state index contributed by atoms with van der Waals surface area (Å²) in [6.45, 7) is 8.50. The summed E-state index contributed by atoms with van der Waals surface area (Å²) in [6.07, 6.45) is 1.60. The lowest BCUT2D eigenvalue weighted by Crippen LogP contribution is -2.62. The number of ketones is 1. The van der Waals surface area contributed by atoms with Crippen LogP contribution in [-0.2, 0) is 0 Å². The lowest BCUT2D eigenvalue weighted by Gasteiger charge is -2.46. The van der Waals surface area contributed by atoms with Crippen LogP contribution in [0.2, 0.25) is 0 Å². The maximum absolute atomic E-state index is 13.2. The predicted molar refractivity (Wildman–Crippen MR) is 108 cm³/mol.